The fourth-order valence-corrected chi connectivity index (χ4v) is 2.84. The van der Waals surface area contributed by atoms with Crippen molar-refractivity contribution in [3.8, 4) is 17.2 Å². The van der Waals surface area contributed by atoms with Crippen LogP contribution in [-0.2, 0) is 11.3 Å². The van der Waals surface area contributed by atoms with Crippen molar-refractivity contribution in [1.29, 1.82) is 0 Å². The molecule has 0 amide bonds. The van der Waals surface area contributed by atoms with E-state index in [4.69, 9.17) is 14.2 Å². The van der Waals surface area contributed by atoms with E-state index < -0.39 is 24.5 Å². The molecular formula is C23H20F4O3. The Hall–Kier alpha value is -3.06. The molecule has 0 aromatic heterocycles. The molecular weight excluding hydrogens is 400 g/mol. The predicted octanol–water partition coefficient (Wildman–Crippen LogP) is 6.49. The fraction of sp³-hybridized carbons (Fsp3) is 0.217. The Kier molecular flexibility index (Phi) is 6.95. The first kappa shape index (κ1) is 21.6. The monoisotopic (exact) mass is 420 g/mol. The highest BCUT2D eigenvalue weighted by Crippen LogP contribution is 2.36. The van der Waals surface area contributed by atoms with Gasteiger partial charge in [-0.25, -0.2) is 4.39 Å². The first-order valence-electron chi connectivity index (χ1n) is 9.16. The molecule has 30 heavy (non-hydrogen) atoms. The molecule has 3 aromatic carbocycles. The number of hydrogen-bond donors (Lipinski definition) is 0. The number of halogens is 4. The second-order valence-electron chi connectivity index (χ2n) is 6.56. The minimum atomic E-state index is -4.47. The number of rotatable bonds is 8. The molecule has 0 spiro atoms. The smallest absolute Gasteiger partial charge is 0.397 e. The van der Waals surface area contributed by atoms with Gasteiger partial charge in [0.2, 0.25) is 0 Å². The lowest BCUT2D eigenvalue weighted by atomic mass is 9.99. The molecule has 0 bridgehead atoms. The molecule has 0 N–H and O–H groups in total. The summed E-state index contributed by atoms with van der Waals surface area (Å²) in [5, 5.41) is 0. The zero-order chi connectivity index (χ0) is 21.6. The van der Waals surface area contributed by atoms with Gasteiger partial charge in [-0.15, -0.1) is 0 Å². The summed E-state index contributed by atoms with van der Waals surface area (Å²) in [6.07, 6.45) is -4.47. The van der Waals surface area contributed by atoms with Crippen LogP contribution in [0.15, 0.2) is 72.8 Å². The third-order valence-electron chi connectivity index (χ3n) is 4.43. The summed E-state index contributed by atoms with van der Waals surface area (Å²) < 4.78 is 70.3. The number of alkyl halides is 3. The van der Waals surface area contributed by atoms with E-state index in [0.717, 1.165) is 0 Å². The Morgan fingerprint density at radius 2 is 1.57 bits per heavy atom. The van der Waals surface area contributed by atoms with E-state index in [1.165, 1.54) is 49.6 Å². The van der Waals surface area contributed by atoms with Crippen LogP contribution in [0.3, 0.4) is 0 Å². The largest absolute Gasteiger partial charge is 0.497 e. The molecule has 3 aromatic rings. The zero-order valence-electron chi connectivity index (χ0n) is 16.2. The molecule has 158 valence electrons. The Morgan fingerprint density at radius 1 is 0.867 bits per heavy atom. The molecule has 0 aliphatic heterocycles. The molecule has 7 heteroatoms. The van der Waals surface area contributed by atoms with Crippen molar-refractivity contribution >= 4 is 0 Å². The van der Waals surface area contributed by atoms with E-state index >= 15 is 0 Å². The van der Waals surface area contributed by atoms with Crippen molar-refractivity contribution in [3.05, 3.63) is 89.7 Å². The summed E-state index contributed by atoms with van der Waals surface area (Å²) in [6.45, 7) is -0.684. The van der Waals surface area contributed by atoms with Gasteiger partial charge in [0.05, 0.1) is 20.3 Å². The lowest BCUT2D eigenvalue weighted by Crippen LogP contribution is -2.25. The van der Waals surface area contributed by atoms with Crippen LogP contribution in [-0.4, -0.2) is 19.9 Å². The van der Waals surface area contributed by atoms with E-state index in [9.17, 15) is 17.6 Å². The normalized spacial score (nSPS) is 12.4. The van der Waals surface area contributed by atoms with Gasteiger partial charge in [0, 0.05) is 0 Å². The first-order chi connectivity index (χ1) is 14.4. The van der Waals surface area contributed by atoms with Crippen LogP contribution in [0.25, 0.3) is 0 Å². The topological polar surface area (TPSA) is 27.7 Å². The van der Waals surface area contributed by atoms with Gasteiger partial charge in [0.1, 0.15) is 17.4 Å². The third-order valence-corrected chi connectivity index (χ3v) is 4.43. The van der Waals surface area contributed by atoms with Crippen LogP contribution in [0.1, 0.15) is 17.0 Å². The van der Waals surface area contributed by atoms with Crippen LogP contribution >= 0.6 is 0 Å². The molecule has 1 unspecified atom stereocenters. The average molecular weight is 420 g/mol. The maximum absolute atomic E-state index is 14.0. The minimum Gasteiger partial charge on any atom is -0.497 e. The quantitative estimate of drug-likeness (QED) is 0.390. The van der Waals surface area contributed by atoms with E-state index in [0.29, 0.717) is 17.1 Å². The first-order valence-corrected chi connectivity index (χ1v) is 9.16. The Bertz CT molecular complexity index is 941. The summed E-state index contributed by atoms with van der Waals surface area (Å²) in [4.78, 5) is 0. The lowest BCUT2D eigenvalue weighted by Gasteiger charge is -2.21. The molecule has 0 saturated carbocycles. The van der Waals surface area contributed by atoms with Crippen LogP contribution in [0.2, 0.25) is 0 Å². The Labute approximate surface area is 171 Å². The average Bonchev–Trinajstić information content (AvgIpc) is 2.73. The predicted molar refractivity (Wildman–Crippen MR) is 104 cm³/mol. The summed E-state index contributed by atoms with van der Waals surface area (Å²) >= 11 is 0. The Morgan fingerprint density at radius 3 is 2.20 bits per heavy atom. The highest BCUT2D eigenvalue weighted by molar-refractivity contribution is 5.35. The summed E-state index contributed by atoms with van der Waals surface area (Å²) in [5.41, 5.74) is 0.577. The van der Waals surface area contributed by atoms with Crippen LogP contribution in [0, 0.1) is 5.82 Å². The van der Waals surface area contributed by atoms with Gasteiger partial charge in [0.25, 0.3) is 0 Å². The summed E-state index contributed by atoms with van der Waals surface area (Å²) in [7, 11) is 1.44. The molecule has 0 fully saturated rings. The van der Waals surface area contributed by atoms with E-state index in [1.807, 2.05) is 0 Å². The maximum Gasteiger partial charge on any atom is 0.397 e. The molecule has 3 rings (SSSR count). The van der Waals surface area contributed by atoms with Crippen molar-refractivity contribution in [2.45, 2.75) is 18.7 Å². The number of methoxy groups -OCH3 is 1. The molecule has 1 atom stereocenters. The summed E-state index contributed by atoms with van der Waals surface area (Å²) in [5.74, 6) is -1.47. The van der Waals surface area contributed by atoms with Gasteiger partial charge in [-0.2, -0.15) is 13.2 Å². The van der Waals surface area contributed by atoms with E-state index in [-0.39, 0.29) is 17.9 Å². The Balaban J connectivity index is 1.66. The SMILES string of the molecule is COc1ccc(C(COCc2ccc(F)c(Oc3ccccc3)c2)C(F)(F)F)cc1. The standard InChI is InChI=1S/C23H20F4O3/c1-28-18-10-8-17(9-11-18)20(23(25,26)27)15-29-14-16-7-12-21(24)22(13-16)30-19-5-3-2-4-6-19/h2-13,20H,14-15H2,1H3. The lowest BCUT2D eigenvalue weighted by molar-refractivity contribution is -0.163. The van der Waals surface area contributed by atoms with Crippen LogP contribution in [0.4, 0.5) is 17.6 Å². The highest BCUT2D eigenvalue weighted by Gasteiger charge is 2.40. The van der Waals surface area contributed by atoms with E-state index in [1.54, 1.807) is 30.3 Å². The van der Waals surface area contributed by atoms with Crippen LogP contribution in [0.5, 0.6) is 17.2 Å². The molecule has 3 nitrogen and oxygen atoms in total. The van der Waals surface area contributed by atoms with Crippen LogP contribution < -0.4 is 9.47 Å². The summed E-state index contributed by atoms with van der Waals surface area (Å²) in [6, 6.07) is 18.4. The molecule has 0 heterocycles. The molecule has 0 saturated heterocycles. The number of ether oxygens (including phenoxy) is 3. The van der Waals surface area contributed by atoms with Crippen molar-refractivity contribution in [2.75, 3.05) is 13.7 Å². The minimum absolute atomic E-state index is 0.0233. The van der Waals surface area contributed by atoms with Crippen molar-refractivity contribution in [1.82, 2.24) is 0 Å². The molecule has 0 radical (unpaired) electrons. The van der Waals surface area contributed by atoms with E-state index in [2.05, 4.69) is 0 Å². The van der Waals surface area contributed by atoms with Gasteiger partial charge >= 0.3 is 6.18 Å². The second kappa shape index (κ2) is 9.63. The van der Waals surface area contributed by atoms with Crippen molar-refractivity contribution in [3.63, 3.8) is 0 Å². The fourth-order valence-electron chi connectivity index (χ4n) is 2.84. The van der Waals surface area contributed by atoms with Crippen molar-refractivity contribution < 1.29 is 31.8 Å². The zero-order valence-corrected chi connectivity index (χ0v) is 16.2. The number of para-hydroxylation sites is 1. The molecule has 0 aliphatic carbocycles. The van der Waals surface area contributed by atoms with Gasteiger partial charge < -0.3 is 14.2 Å². The van der Waals surface area contributed by atoms with Gasteiger partial charge in [-0.1, -0.05) is 36.4 Å². The van der Waals surface area contributed by atoms with Gasteiger partial charge in [-0.05, 0) is 47.5 Å². The third kappa shape index (κ3) is 5.73. The second-order valence-corrected chi connectivity index (χ2v) is 6.56. The number of benzene rings is 3. The highest BCUT2D eigenvalue weighted by atomic mass is 19.4. The number of hydrogen-bond acceptors (Lipinski definition) is 3. The maximum atomic E-state index is 14.0. The van der Waals surface area contributed by atoms with Gasteiger partial charge in [0.15, 0.2) is 11.6 Å². The molecule has 0 aliphatic rings. The van der Waals surface area contributed by atoms with Crippen molar-refractivity contribution in [2.24, 2.45) is 0 Å². The van der Waals surface area contributed by atoms with Gasteiger partial charge in [-0.3, -0.25) is 0 Å².